The van der Waals surface area contributed by atoms with Gasteiger partial charge in [-0.3, -0.25) is 14.4 Å². The molecule has 0 N–H and O–H groups in total. The number of likely N-dealkylation sites (tertiary alicyclic amines) is 3. The first kappa shape index (κ1) is 24.4. The van der Waals surface area contributed by atoms with Gasteiger partial charge in [-0.05, 0) is 41.5 Å². The van der Waals surface area contributed by atoms with Gasteiger partial charge in [-0.2, -0.15) is 5.26 Å². The summed E-state index contributed by atoms with van der Waals surface area (Å²) in [5.41, 5.74) is 4.48. The van der Waals surface area contributed by atoms with E-state index in [-0.39, 0.29) is 41.6 Å². The molecule has 2 aromatic carbocycles. The Morgan fingerprint density at radius 1 is 1.03 bits per heavy atom. The summed E-state index contributed by atoms with van der Waals surface area (Å²) in [5.74, 6) is -0.572. The summed E-state index contributed by atoms with van der Waals surface area (Å²) >= 11 is 0. The van der Waals surface area contributed by atoms with Gasteiger partial charge in [-0.25, -0.2) is 0 Å². The number of amides is 3. The van der Waals surface area contributed by atoms with Gasteiger partial charge in [0.25, 0.3) is 0 Å². The summed E-state index contributed by atoms with van der Waals surface area (Å²) in [6.07, 6.45) is 6.71. The monoisotopic (exact) mass is 508 g/mol. The zero-order valence-electron chi connectivity index (χ0n) is 21.6. The highest BCUT2D eigenvalue weighted by molar-refractivity contribution is 5.92. The summed E-state index contributed by atoms with van der Waals surface area (Å²) in [6.45, 7) is 3.29. The van der Waals surface area contributed by atoms with Crippen molar-refractivity contribution in [3.8, 4) is 6.07 Å². The van der Waals surface area contributed by atoms with Crippen molar-refractivity contribution in [3.63, 3.8) is 0 Å². The van der Waals surface area contributed by atoms with Crippen molar-refractivity contribution in [3.05, 3.63) is 70.8 Å². The lowest BCUT2D eigenvalue weighted by molar-refractivity contribution is -0.148. The molecular weight excluding hydrogens is 476 g/mol. The van der Waals surface area contributed by atoms with Crippen LogP contribution in [0, 0.1) is 17.2 Å². The molecule has 194 valence electrons. The second-order valence-corrected chi connectivity index (χ2v) is 11.0. The van der Waals surface area contributed by atoms with E-state index >= 15 is 0 Å². The molecule has 3 heterocycles. The van der Waals surface area contributed by atoms with Crippen LogP contribution in [-0.2, 0) is 14.4 Å². The quantitative estimate of drug-likeness (QED) is 0.617. The topological polar surface area (TPSA) is 84.7 Å². The highest BCUT2D eigenvalue weighted by atomic mass is 16.2. The van der Waals surface area contributed by atoms with Gasteiger partial charge >= 0.3 is 0 Å². The molecule has 4 aliphatic rings. The normalized spacial score (nSPS) is 24.7. The molecule has 3 amide bonds. The second kappa shape index (κ2) is 9.75. The second-order valence-electron chi connectivity index (χ2n) is 11.0. The molecule has 4 atom stereocenters. The van der Waals surface area contributed by atoms with Crippen LogP contribution in [0.15, 0.2) is 48.5 Å². The molecule has 38 heavy (non-hydrogen) atoms. The van der Waals surface area contributed by atoms with Crippen LogP contribution < -0.4 is 0 Å². The van der Waals surface area contributed by atoms with E-state index in [0.717, 1.165) is 28.7 Å². The number of nitriles is 1. The maximum absolute atomic E-state index is 13.7. The Morgan fingerprint density at radius 2 is 1.68 bits per heavy atom. The Kier molecular flexibility index (Phi) is 6.27. The van der Waals surface area contributed by atoms with Crippen molar-refractivity contribution in [2.75, 3.05) is 19.6 Å². The zero-order valence-corrected chi connectivity index (χ0v) is 21.6. The number of hydrogen-bond donors (Lipinski definition) is 0. The number of hydrogen-bond acceptors (Lipinski definition) is 4. The van der Waals surface area contributed by atoms with E-state index < -0.39 is 6.04 Å². The van der Waals surface area contributed by atoms with E-state index in [0.29, 0.717) is 38.9 Å². The van der Waals surface area contributed by atoms with Gasteiger partial charge in [0, 0.05) is 32.0 Å². The first-order valence-electron chi connectivity index (χ1n) is 13.6. The molecule has 0 unspecified atom stereocenters. The van der Waals surface area contributed by atoms with Crippen molar-refractivity contribution in [2.24, 2.45) is 5.92 Å². The summed E-state index contributed by atoms with van der Waals surface area (Å²) in [7, 11) is 0. The number of nitrogens with zero attached hydrogens (tertiary/aromatic N) is 4. The van der Waals surface area contributed by atoms with Crippen LogP contribution in [-0.4, -0.2) is 70.2 Å². The van der Waals surface area contributed by atoms with Crippen LogP contribution in [0.1, 0.15) is 60.8 Å². The molecule has 6 rings (SSSR count). The molecule has 3 fully saturated rings. The predicted molar refractivity (Wildman–Crippen MR) is 143 cm³/mol. The van der Waals surface area contributed by atoms with Gasteiger partial charge in [0.1, 0.15) is 12.1 Å². The molecule has 2 bridgehead atoms. The SMILES string of the molecule is C[C@@H](CN1C(=O)[C@@H]2C[C@H]1CN2C(=O)CC1c2ccccc2C=Cc2ccccc21)C(=O)N1CCC[C@H]1C#N. The molecule has 3 aliphatic heterocycles. The number of carbonyl (C=O) groups is 3. The average molecular weight is 509 g/mol. The highest BCUT2D eigenvalue weighted by Crippen LogP contribution is 2.39. The number of piperazine rings is 1. The van der Waals surface area contributed by atoms with E-state index in [4.69, 9.17) is 0 Å². The van der Waals surface area contributed by atoms with Crippen LogP contribution in [0.5, 0.6) is 0 Å². The predicted octanol–water partition coefficient (Wildman–Crippen LogP) is 3.65. The third kappa shape index (κ3) is 4.09. The minimum atomic E-state index is -0.456. The number of benzene rings is 2. The minimum Gasteiger partial charge on any atom is -0.335 e. The van der Waals surface area contributed by atoms with Crippen molar-refractivity contribution in [1.82, 2.24) is 14.7 Å². The van der Waals surface area contributed by atoms with E-state index in [1.54, 1.807) is 14.7 Å². The van der Waals surface area contributed by atoms with Gasteiger partial charge in [-0.1, -0.05) is 67.6 Å². The lowest BCUT2D eigenvalue weighted by Gasteiger charge is -2.36. The lowest BCUT2D eigenvalue weighted by Crippen LogP contribution is -2.54. The van der Waals surface area contributed by atoms with Crippen molar-refractivity contribution >= 4 is 29.9 Å². The van der Waals surface area contributed by atoms with Crippen LogP contribution in [0.25, 0.3) is 12.2 Å². The molecule has 3 saturated heterocycles. The van der Waals surface area contributed by atoms with Gasteiger partial charge < -0.3 is 14.7 Å². The Labute approximate surface area is 223 Å². The third-order valence-electron chi connectivity index (χ3n) is 8.75. The summed E-state index contributed by atoms with van der Waals surface area (Å²) in [4.78, 5) is 45.3. The number of fused-ring (bicyclic) bond motifs is 4. The maximum atomic E-state index is 13.7. The summed E-state index contributed by atoms with van der Waals surface area (Å²) < 4.78 is 0. The molecule has 0 aromatic heterocycles. The molecule has 7 heteroatoms. The highest BCUT2D eigenvalue weighted by Gasteiger charge is 2.52. The molecule has 0 saturated carbocycles. The van der Waals surface area contributed by atoms with E-state index in [1.807, 2.05) is 31.2 Å². The van der Waals surface area contributed by atoms with Crippen molar-refractivity contribution in [2.45, 2.75) is 56.7 Å². The summed E-state index contributed by atoms with van der Waals surface area (Å²) in [6, 6.07) is 17.8. The van der Waals surface area contributed by atoms with E-state index in [2.05, 4.69) is 42.5 Å². The van der Waals surface area contributed by atoms with E-state index in [9.17, 15) is 19.6 Å². The van der Waals surface area contributed by atoms with Gasteiger partial charge in [0.2, 0.25) is 17.7 Å². The average Bonchev–Trinajstić information content (AvgIpc) is 3.64. The fraction of sp³-hybridized carbons (Fsp3) is 0.419. The van der Waals surface area contributed by atoms with Crippen LogP contribution in [0.2, 0.25) is 0 Å². The minimum absolute atomic E-state index is 0.0000553. The Balaban J connectivity index is 1.15. The standard InChI is InChI=1S/C31H32N4O3/c1-20(30(37)33-14-6-9-23(33)17-32)18-34-24-15-28(31(34)38)35(19-24)29(36)16-27-25-10-4-2-7-21(25)12-13-22-8-3-5-11-26(22)27/h2-5,7-8,10-13,20,23-24,27-28H,6,9,14-16,18-19H2,1H3/t20-,23-,24-,28-/m0/s1. The van der Waals surface area contributed by atoms with Gasteiger partial charge in [-0.15, -0.1) is 0 Å². The molecule has 7 nitrogen and oxygen atoms in total. The number of carbonyl (C=O) groups excluding carboxylic acids is 3. The third-order valence-corrected chi connectivity index (χ3v) is 8.75. The maximum Gasteiger partial charge on any atom is 0.245 e. The fourth-order valence-corrected chi connectivity index (χ4v) is 6.80. The Morgan fingerprint density at radius 3 is 2.32 bits per heavy atom. The zero-order chi connectivity index (χ0) is 26.4. The molecule has 1 aliphatic carbocycles. The molecule has 0 spiro atoms. The van der Waals surface area contributed by atoms with Crippen molar-refractivity contribution in [1.29, 1.82) is 5.26 Å². The van der Waals surface area contributed by atoms with E-state index in [1.165, 1.54) is 0 Å². The lowest BCUT2D eigenvalue weighted by atomic mass is 9.85. The van der Waals surface area contributed by atoms with Crippen molar-refractivity contribution < 1.29 is 14.4 Å². The largest absolute Gasteiger partial charge is 0.335 e. The fourth-order valence-electron chi connectivity index (χ4n) is 6.80. The van der Waals surface area contributed by atoms with Crippen LogP contribution in [0.3, 0.4) is 0 Å². The molecule has 0 radical (unpaired) electrons. The van der Waals surface area contributed by atoms with Crippen LogP contribution in [0.4, 0.5) is 0 Å². The summed E-state index contributed by atoms with van der Waals surface area (Å²) in [5, 5.41) is 9.35. The van der Waals surface area contributed by atoms with Gasteiger partial charge in [0.15, 0.2) is 0 Å². The van der Waals surface area contributed by atoms with Gasteiger partial charge in [0.05, 0.1) is 18.0 Å². The number of rotatable bonds is 5. The molecule has 2 aromatic rings. The Hall–Kier alpha value is -3.92. The first-order chi connectivity index (χ1) is 18.5. The Bertz CT molecular complexity index is 1310. The first-order valence-corrected chi connectivity index (χ1v) is 13.6. The van der Waals surface area contributed by atoms with Crippen LogP contribution >= 0.6 is 0 Å². The smallest absolute Gasteiger partial charge is 0.245 e. The molecular formula is C31H32N4O3.